The van der Waals surface area contributed by atoms with Crippen LogP contribution in [0.2, 0.25) is 0 Å². The normalized spacial score (nSPS) is 14.9. The third kappa shape index (κ3) is 11.0. The molecule has 2 aliphatic heterocycles. The third-order valence-corrected chi connectivity index (χ3v) is 10.4. The van der Waals surface area contributed by atoms with Crippen LogP contribution in [0.5, 0.6) is 0 Å². The molecular formula is C45H50FN7O3. The van der Waals surface area contributed by atoms with Gasteiger partial charge in [0.15, 0.2) is 0 Å². The first kappa shape index (κ1) is 39.6. The molecule has 11 heteroatoms. The van der Waals surface area contributed by atoms with Gasteiger partial charge in [0, 0.05) is 24.1 Å². The highest BCUT2D eigenvalue weighted by atomic mass is 19.1. The number of hydrogen-bond donors (Lipinski definition) is 6. The predicted molar refractivity (Wildman–Crippen MR) is 223 cm³/mol. The Bertz CT molecular complexity index is 2080. The highest BCUT2D eigenvalue weighted by Crippen LogP contribution is 2.29. The van der Waals surface area contributed by atoms with E-state index in [4.69, 9.17) is 11.5 Å². The fourth-order valence-corrected chi connectivity index (χ4v) is 7.10. The maximum absolute atomic E-state index is 13.7. The molecule has 2 aliphatic rings. The topological polar surface area (TPSA) is 155 Å². The van der Waals surface area contributed by atoms with Crippen molar-refractivity contribution in [2.45, 2.75) is 43.9 Å². The highest BCUT2D eigenvalue weighted by molar-refractivity contribution is 6.06. The Hall–Kier alpha value is -6.04. The lowest BCUT2D eigenvalue weighted by Gasteiger charge is -2.32. The Kier molecular flexibility index (Phi) is 13.8. The summed E-state index contributed by atoms with van der Waals surface area (Å²) in [5.74, 6) is 0.0962. The van der Waals surface area contributed by atoms with Gasteiger partial charge in [0.25, 0.3) is 11.8 Å². The molecule has 5 aromatic rings. The molecular weight excluding hydrogens is 706 g/mol. The SMILES string of the molecule is Nc1ccccc1NC(=O)c1ccc(C2CCN(CCC(=O)Nc3ccccc3F)CC2)cc1.Nc1ccccc1NC(=O)c1ccc(C2CCNCC2)cc1. The number of nitrogen functional groups attached to an aromatic ring is 2. The van der Waals surface area contributed by atoms with Crippen molar-refractivity contribution >= 4 is 46.2 Å². The van der Waals surface area contributed by atoms with Crippen molar-refractivity contribution in [2.75, 3.05) is 60.1 Å². The molecule has 0 saturated carbocycles. The van der Waals surface area contributed by atoms with Crippen LogP contribution < -0.4 is 32.7 Å². The van der Waals surface area contributed by atoms with Crippen LogP contribution in [0.1, 0.15) is 75.8 Å². The number of anilines is 5. The van der Waals surface area contributed by atoms with Gasteiger partial charge in [-0.05, 0) is 135 Å². The first-order chi connectivity index (χ1) is 27.2. The average Bonchev–Trinajstić information content (AvgIpc) is 3.23. The zero-order chi connectivity index (χ0) is 39.3. The van der Waals surface area contributed by atoms with E-state index < -0.39 is 5.82 Å². The van der Waals surface area contributed by atoms with Gasteiger partial charge < -0.3 is 37.6 Å². The minimum absolute atomic E-state index is 0.130. The molecule has 3 amide bonds. The Morgan fingerprint density at radius 2 is 1.04 bits per heavy atom. The van der Waals surface area contributed by atoms with E-state index >= 15 is 0 Å². The summed E-state index contributed by atoms with van der Waals surface area (Å²) < 4.78 is 13.7. The number of amides is 3. The summed E-state index contributed by atoms with van der Waals surface area (Å²) in [6.45, 7) is 4.58. The highest BCUT2D eigenvalue weighted by Gasteiger charge is 2.22. The number of hydrogen-bond acceptors (Lipinski definition) is 7. The number of rotatable bonds is 10. The Morgan fingerprint density at radius 1 is 0.589 bits per heavy atom. The fourth-order valence-electron chi connectivity index (χ4n) is 7.10. The number of benzene rings is 5. The molecule has 0 aliphatic carbocycles. The van der Waals surface area contributed by atoms with Crippen molar-refractivity contribution in [3.05, 3.63) is 149 Å². The molecule has 2 saturated heterocycles. The van der Waals surface area contributed by atoms with Crippen LogP contribution in [-0.4, -0.2) is 55.3 Å². The van der Waals surface area contributed by atoms with Crippen molar-refractivity contribution in [3.63, 3.8) is 0 Å². The van der Waals surface area contributed by atoms with Crippen molar-refractivity contribution in [1.82, 2.24) is 10.2 Å². The van der Waals surface area contributed by atoms with E-state index in [1.807, 2.05) is 60.7 Å². The maximum Gasteiger partial charge on any atom is 0.255 e. The maximum atomic E-state index is 13.7. The van der Waals surface area contributed by atoms with Gasteiger partial charge in [0.05, 0.1) is 28.4 Å². The van der Waals surface area contributed by atoms with Crippen molar-refractivity contribution < 1.29 is 18.8 Å². The molecule has 7 rings (SSSR count). The third-order valence-electron chi connectivity index (χ3n) is 10.4. The molecule has 0 bridgehead atoms. The molecule has 10 nitrogen and oxygen atoms in total. The molecule has 0 aromatic heterocycles. The van der Waals surface area contributed by atoms with Gasteiger partial charge in [-0.15, -0.1) is 0 Å². The Labute approximate surface area is 327 Å². The standard InChI is InChI=1S/C27H29FN4O2.C18H21N3O/c28-22-5-1-3-7-24(22)30-26(33)15-18-32-16-13-20(14-17-32)19-9-11-21(12-10-19)27(34)31-25-8-4-2-6-23(25)29;19-16-3-1-2-4-17(16)21-18(22)15-7-5-13(6-8-15)14-9-11-20-12-10-14/h1-12,20H,13-18,29H2,(H,30,33)(H,31,34);1-8,14,20H,9-12,19H2,(H,21,22). The number of piperidine rings is 2. The lowest BCUT2D eigenvalue weighted by atomic mass is 9.89. The van der Waals surface area contributed by atoms with Gasteiger partial charge in [0.2, 0.25) is 5.91 Å². The van der Waals surface area contributed by atoms with E-state index in [1.165, 1.54) is 17.2 Å². The quantitative estimate of drug-likeness (QED) is 0.0794. The minimum Gasteiger partial charge on any atom is -0.397 e. The minimum atomic E-state index is -0.427. The smallest absolute Gasteiger partial charge is 0.255 e. The molecule has 8 N–H and O–H groups in total. The number of nitrogens with zero attached hydrogens (tertiary/aromatic N) is 1. The number of likely N-dealkylation sites (tertiary alicyclic amines) is 1. The molecule has 2 heterocycles. The monoisotopic (exact) mass is 755 g/mol. The van der Waals surface area contributed by atoms with Crippen LogP contribution in [0, 0.1) is 5.82 Å². The Balaban J connectivity index is 0.000000208. The van der Waals surface area contributed by atoms with Crippen LogP contribution in [0.15, 0.2) is 121 Å². The summed E-state index contributed by atoms with van der Waals surface area (Å²) in [5, 5.41) is 11.7. The second-order valence-corrected chi connectivity index (χ2v) is 14.2. The van der Waals surface area contributed by atoms with Crippen LogP contribution in [0.3, 0.4) is 0 Å². The zero-order valence-electron chi connectivity index (χ0n) is 31.5. The summed E-state index contributed by atoms with van der Waals surface area (Å²) in [6.07, 6.45) is 4.62. The summed E-state index contributed by atoms with van der Waals surface area (Å²) in [5.41, 5.74) is 18.1. The molecule has 56 heavy (non-hydrogen) atoms. The van der Waals surface area contributed by atoms with Crippen LogP contribution >= 0.6 is 0 Å². The lowest BCUT2D eigenvalue weighted by molar-refractivity contribution is -0.116. The average molecular weight is 756 g/mol. The molecule has 5 aromatic carbocycles. The van der Waals surface area contributed by atoms with Crippen molar-refractivity contribution in [1.29, 1.82) is 0 Å². The van der Waals surface area contributed by atoms with E-state index in [2.05, 4.69) is 38.3 Å². The number of para-hydroxylation sites is 5. The van der Waals surface area contributed by atoms with E-state index in [1.54, 1.807) is 42.5 Å². The summed E-state index contributed by atoms with van der Waals surface area (Å²) in [4.78, 5) is 39.2. The molecule has 0 spiro atoms. The molecule has 0 unspecified atom stereocenters. The molecule has 0 radical (unpaired) electrons. The van der Waals surface area contributed by atoms with Gasteiger partial charge in [-0.2, -0.15) is 0 Å². The summed E-state index contributed by atoms with van der Waals surface area (Å²) in [7, 11) is 0. The molecule has 2 fully saturated rings. The van der Waals surface area contributed by atoms with Gasteiger partial charge in [-0.3, -0.25) is 14.4 Å². The molecule has 0 atom stereocenters. The van der Waals surface area contributed by atoms with Crippen LogP contribution in [0.25, 0.3) is 0 Å². The van der Waals surface area contributed by atoms with Crippen LogP contribution in [-0.2, 0) is 4.79 Å². The first-order valence-corrected chi connectivity index (χ1v) is 19.2. The second kappa shape index (κ2) is 19.5. The fraction of sp³-hybridized carbons (Fsp3) is 0.267. The van der Waals surface area contributed by atoms with Gasteiger partial charge in [-0.1, -0.05) is 60.7 Å². The van der Waals surface area contributed by atoms with E-state index in [9.17, 15) is 18.8 Å². The Morgan fingerprint density at radius 3 is 1.52 bits per heavy atom. The predicted octanol–water partition coefficient (Wildman–Crippen LogP) is 7.86. The number of carbonyl (C=O) groups excluding carboxylic acids is 3. The zero-order valence-corrected chi connectivity index (χ0v) is 31.5. The van der Waals surface area contributed by atoms with E-state index in [-0.39, 0.29) is 23.4 Å². The van der Waals surface area contributed by atoms with Crippen molar-refractivity contribution in [3.8, 4) is 0 Å². The molecule has 290 valence electrons. The van der Waals surface area contributed by atoms with Crippen molar-refractivity contribution in [2.24, 2.45) is 0 Å². The first-order valence-electron chi connectivity index (χ1n) is 19.2. The number of carbonyl (C=O) groups is 3. The van der Waals surface area contributed by atoms with Gasteiger partial charge >= 0.3 is 0 Å². The summed E-state index contributed by atoms with van der Waals surface area (Å²) in [6, 6.07) is 36.3. The second-order valence-electron chi connectivity index (χ2n) is 14.2. The largest absolute Gasteiger partial charge is 0.397 e. The van der Waals surface area contributed by atoms with Crippen LogP contribution in [0.4, 0.5) is 32.8 Å². The van der Waals surface area contributed by atoms with E-state index in [0.717, 1.165) is 51.9 Å². The van der Waals surface area contributed by atoms with Gasteiger partial charge in [0.1, 0.15) is 5.82 Å². The van der Waals surface area contributed by atoms with Gasteiger partial charge in [-0.25, -0.2) is 4.39 Å². The number of nitrogens with two attached hydrogens (primary N) is 2. The van der Waals surface area contributed by atoms with E-state index in [0.29, 0.717) is 58.7 Å². The number of nitrogens with one attached hydrogen (secondary N) is 4. The lowest BCUT2D eigenvalue weighted by Crippen LogP contribution is -2.35. The number of halogens is 1. The summed E-state index contributed by atoms with van der Waals surface area (Å²) >= 11 is 0.